The Kier molecular flexibility index (Phi) is 9.32. The van der Waals surface area contributed by atoms with Crippen LogP contribution in [-0.4, -0.2) is 80.6 Å². The summed E-state index contributed by atoms with van der Waals surface area (Å²) in [6.45, 7) is 0.668. The van der Waals surface area contributed by atoms with Gasteiger partial charge in [0, 0.05) is 28.2 Å². The van der Waals surface area contributed by atoms with E-state index in [1.807, 2.05) is 0 Å². The molecule has 24 heavy (non-hydrogen) atoms. The van der Waals surface area contributed by atoms with Gasteiger partial charge in [0.1, 0.15) is 12.9 Å². The monoisotopic (exact) mass is 393 g/mol. The summed E-state index contributed by atoms with van der Waals surface area (Å²) in [5.74, 6) is -3.09. The van der Waals surface area contributed by atoms with Crippen molar-refractivity contribution in [2.45, 2.75) is 13.1 Å². The van der Waals surface area contributed by atoms with E-state index >= 15 is 0 Å². The molecule has 0 atom stereocenters. The fraction of sp³-hybridized carbons (Fsp3) is 0.818. The Hall–Kier alpha value is -0.780. The van der Waals surface area contributed by atoms with Crippen molar-refractivity contribution in [3.05, 3.63) is 0 Å². The van der Waals surface area contributed by atoms with Crippen molar-refractivity contribution in [3.8, 4) is 0 Å². The molecule has 0 saturated carbocycles. The van der Waals surface area contributed by atoms with Gasteiger partial charge in [-0.15, -0.1) is 0 Å². The van der Waals surface area contributed by atoms with Crippen molar-refractivity contribution < 1.29 is 27.5 Å². The van der Waals surface area contributed by atoms with Crippen LogP contribution in [0.5, 0.6) is 0 Å². The maximum atomic E-state index is 12.8. The highest BCUT2D eigenvalue weighted by atomic mass is 32.4. The van der Waals surface area contributed by atoms with Crippen molar-refractivity contribution in [1.29, 1.82) is 0 Å². The minimum atomic E-state index is -5.12. The fourth-order valence-electron chi connectivity index (χ4n) is 1.70. The Balaban J connectivity index is 5.47. The highest BCUT2D eigenvalue weighted by Crippen LogP contribution is 2.38. The lowest BCUT2D eigenvalue weighted by atomic mass is 10.5. The van der Waals surface area contributed by atoms with E-state index in [-0.39, 0.29) is 6.61 Å². The first kappa shape index (κ1) is 23.2. The van der Waals surface area contributed by atoms with Gasteiger partial charge in [-0.25, -0.2) is 20.4 Å². The van der Waals surface area contributed by atoms with Crippen LogP contribution >= 0.6 is 6.34 Å². The summed E-state index contributed by atoms with van der Waals surface area (Å²) >= 11 is 5.38. The van der Waals surface area contributed by atoms with Crippen LogP contribution in [0.1, 0.15) is 6.92 Å². The molecule has 0 aromatic heterocycles. The van der Waals surface area contributed by atoms with E-state index in [0.717, 1.165) is 0 Å². The van der Waals surface area contributed by atoms with Crippen molar-refractivity contribution in [3.63, 3.8) is 0 Å². The molecule has 0 aliphatic heterocycles. The molecule has 0 saturated heterocycles. The third-order valence-electron chi connectivity index (χ3n) is 2.25. The van der Waals surface area contributed by atoms with Crippen LogP contribution in [0.2, 0.25) is 0 Å². The van der Waals surface area contributed by atoms with Crippen LogP contribution in [0.4, 0.5) is 13.2 Å². The second-order valence-corrected chi connectivity index (χ2v) is 9.21. The molecule has 2 N–H and O–H groups in total. The van der Waals surface area contributed by atoms with Gasteiger partial charge in [-0.3, -0.25) is 9.59 Å². The number of carbonyl (C=O) groups is 2. The van der Waals surface area contributed by atoms with Gasteiger partial charge in [0.2, 0.25) is 0 Å². The van der Waals surface area contributed by atoms with Crippen LogP contribution in [0.3, 0.4) is 0 Å². The first-order valence-electron chi connectivity index (χ1n) is 6.82. The molecule has 0 fully saturated rings. The van der Waals surface area contributed by atoms with Gasteiger partial charge in [-0.2, -0.15) is 13.2 Å². The highest BCUT2D eigenvalue weighted by Gasteiger charge is 2.44. The van der Waals surface area contributed by atoms with Gasteiger partial charge in [0.05, 0.1) is 12.9 Å². The normalized spacial score (nSPS) is 12.6. The molecule has 1 amide bonds. The summed E-state index contributed by atoms with van der Waals surface area (Å²) in [7, 11) is 6.44. The van der Waals surface area contributed by atoms with Crippen LogP contribution in [0, 0.1) is 0 Å². The van der Waals surface area contributed by atoms with Crippen LogP contribution < -0.4 is 10.4 Å². The topological polar surface area (TPSA) is 77.2 Å². The fourth-order valence-corrected chi connectivity index (χ4v) is 5.27. The molecule has 0 rings (SSSR count). The van der Waals surface area contributed by atoms with E-state index in [0.29, 0.717) is 4.90 Å². The van der Waals surface area contributed by atoms with E-state index < -0.39 is 37.2 Å². The van der Waals surface area contributed by atoms with E-state index in [1.54, 1.807) is 28.2 Å². The predicted molar refractivity (Wildman–Crippen MR) is 87.2 cm³/mol. The van der Waals surface area contributed by atoms with E-state index in [4.69, 9.17) is 11.8 Å². The van der Waals surface area contributed by atoms with E-state index in [9.17, 15) is 22.8 Å². The lowest BCUT2D eigenvalue weighted by Crippen LogP contribution is -2.49. The van der Waals surface area contributed by atoms with Crippen molar-refractivity contribution in [1.82, 2.24) is 25.3 Å². The number of hydrogen-bond acceptors (Lipinski definition) is 6. The standard InChI is InChI=1S/C11H23F3N5O3PS/c1-6-22-9(20)7-19(10(21)11(12,13)14)8-23(24,15-17(2)3)16-18(4)5/h6-8H2,1-5H3,(H2,15,16,24). The molecule has 0 unspecified atom stereocenters. The molecular weight excluding hydrogens is 370 g/mol. The maximum Gasteiger partial charge on any atom is 0.471 e. The Bertz CT molecular complexity index is 476. The second kappa shape index (κ2) is 9.64. The Morgan fingerprint density at radius 2 is 1.58 bits per heavy atom. The number of esters is 1. The van der Waals surface area contributed by atoms with Gasteiger partial charge >= 0.3 is 18.1 Å². The van der Waals surface area contributed by atoms with E-state index in [2.05, 4.69) is 15.1 Å². The van der Waals surface area contributed by atoms with Gasteiger partial charge in [-0.05, 0) is 6.92 Å². The minimum absolute atomic E-state index is 0.00701. The van der Waals surface area contributed by atoms with Crippen molar-refractivity contribution in [2.75, 3.05) is 47.6 Å². The first-order chi connectivity index (χ1) is 10.8. The molecule has 8 nitrogen and oxygen atoms in total. The number of hydrazine groups is 2. The number of amides is 1. The Morgan fingerprint density at radius 3 is 1.92 bits per heavy atom. The molecule has 0 radical (unpaired) electrons. The molecular formula is C11H23F3N5O3PS. The first-order valence-corrected chi connectivity index (χ1v) is 9.80. The highest BCUT2D eigenvalue weighted by molar-refractivity contribution is 8.12. The SMILES string of the molecule is CCOC(=O)CN(CP(=S)(NN(C)C)NN(C)C)C(=O)C(F)(F)F. The smallest absolute Gasteiger partial charge is 0.465 e. The lowest BCUT2D eigenvalue weighted by Gasteiger charge is -2.34. The maximum absolute atomic E-state index is 12.8. The summed E-state index contributed by atoms with van der Waals surface area (Å²) < 4.78 is 43.1. The molecule has 0 spiro atoms. The predicted octanol–water partition coefficient (Wildman–Crippen LogP) is 0.340. The van der Waals surface area contributed by atoms with Gasteiger partial charge in [-0.1, -0.05) is 11.8 Å². The zero-order valence-corrected chi connectivity index (χ0v) is 15.9. The lowest BCUT2D eigenvalue weighted by molar-refractivity contribution is -0.186. The second-order valence-electron chi connectivity index (χ2n) is 5.18. The quantitative estimate of drug-likeness (QED) is 0.330. The molecule has 142 valence electrons. The molecule has 0 aromatic carbocycles. The van der Waals surface area contributed by atoms with Gasteiger partial charge < -0.3 is 9.64 Å². The number of rotatable bonds is 9. The van der Waals surface area contributed by atoms with Crippen LogP contribution in [0.15, 0.2) is 0 Å². The summed E-state index contributed by atoms with van der Waals surface area (Å²) in [6.07, 6.45) is -8.53. The summed E-state index contributed by atoms with van der Waals surface area (Å²) in [4.78, 5) is 23.5. The summed E-state index contributed by atoms with van der Waals surface area (Å²) in [5, 5.41) is 8.59. The zero-order valence-electron chi connectivity index (χ0n) is 14.2. The molecule has 13 heteroatoms. The average molecular weight is 393 g/mol. The molecule has 0 heterocycles. The third-order valence-corrected chi connectivity index (χ3v) is 5.27. The number of carbonyl (C=O) groups excluding carboxylic acids is 2. The van der Waals surface area contributed by atoms with Gasteiger partial charge in [0.15, 0.2) is 0 Å². The summed E-state index contributed by atoms with van der Waals surface area (Å²) in [6, 6.07) is 0. The van der Waals surface area contributed by atoms with Crippen molar-refractivity contribution >= 4 is 30.0 Å². The number of halogens is 3. The number of alkyl halides is 3. The van der Waals surface area contributed by atoms with E-state index in [1.165, 1.54) is 16.9 Å². The Morgan fingerprint density at radius 1 is 1.12 bits per heavy atom. The minimum Gasteiger partial charge on any atom is -0.465 e. The number of ether oxygens (including phenoxy) is 1. The summed E-state index contributed by atoms with van der Waals surface area (Å²) in [5.41, 5.74) is 0. The third kappa shape index (κ3) is 8.90. The molecule has 0 aliphatic carbocycles. The number of nitrogens with zero attached hydrogens (tertiary/aromatic N) is 3. The number of hydrogen-bond donors (Lipinski definition) is 2. The van der Waals surface area contributed by atoms with Crippen molar-refractivity contribution in [2.24, 2.45) is 0 Å². The molecule has 0 bridgehead atoms. The van der Waals surface area contributed by atoms with Crippen LogP contribution in [0.25, 0.3) is 0 Å². The average Bonchev–Trinajstić information content (AvgIpc) is 2.33. The zero-order chi connectivity index (χ0) is 19.1. The van der Waals surface area contributed by atoms with Crippen LogP contribution in [-0.2, 0) is 26.1 Å². The Labute approximate surface area is 144 Å². The molecule has 0 aromatic rings. The largest absolute Gasteiger partial charge is 0.471 e. The molecule has 0 aliphatic rings. The number of nitrogens with one attached hydrogen (secondary N) is 2. The van der Waals surface area contributed by atoms with Gasteiger partial charge in [0.25, 0.3) is 0 Å².